The highest BCUT2D eigenvalue weighted by molar-refractivity contribution is 6.31. The van der Waals surface area contributed by atoms with Gasteiger partial charge in [0.05, 0.1) is 5.54 Å². The summed E-state index contributed by atoms with van der Waals surface area (Å²) in [4.78, 5) is 16.2. The van der Waals surface area contributed by atoms with Crippen LogP contribution in [0.3, 0.4) is 0 Å². The SMILES string of the molecule is CN1CCN(Cc2ccc(N)cc2Cl)C(C)(C)C1=O. The molecule has 1 aromatic rings. The standard InChI is InChI=1S/C14H20ClN3O/c1-14(2)13(19)17(3)6-7-18(14)9-10-4-5-11(16)8-12(10)15/h4-5,8H,6-7,9,16H2,1-3H3. The third-order valence-electron chi connectivity index (χ3n) is 3.80. The van der Waals surface area contributed by atoms with E-state index in [4.69, 9.17) is 17.3 Å². The van der Waals surface area contributed by atoms with Crippen LogP contribution < -0.4 is 5.73 Å². The van der Waals surface area contributed by atoms with Gasteiger partial charge in [-0.25, -0.2) is 0 Å². The summed E-state index contributed by atoms with van der Waals surface area (Å²) < 4.78 is 0. The number of carbonyl (C=O) groups is 1. The molecule has 1 amide bonds. The smallest absolute Gasteiger partial charge is 0.242 e. The summed E-state index contributed by atoms with van der Waals surface area (Å²) in [6.07, 6.45) is 0. The summed E-state index contributed by atoms with van der Waals surface area (Å²) in [5.41, 5.74) is 6.85. The number of nitrogen functional groups attached to an aromatic ring is 1. The number of likely N-dealkylation sites (N-methyl/N-ethyl adjacent to an activating group) is 1. The Morgan fingerprint density at radius 3 is 2.68 bits per heavy atom. The first-order valence-electron chi connectivity index (χ1n) is 6.37. The summed E-state index contributed by atoms with van der Waals surface area (Å²) in [6.45, 7) is 6.16. The van der Waals surface area contributed by atoms with Crippen LogP contribution in [0.5, 0.6) is 0 Å². The van der Waals surface area contributed by atoms with Gasteiger partial charge in [-0.3, -0.25) is 9.69 Å². The number of hydrogen-bond acceptors (Lipinski definition) is 3. The number of nitrogens with two attached hydrogens (primary N) is 1. The monoisotopic (exact) mass is 281 g/mol. The van der Waals surface area contributed by atoms with E-state index in [1.54, 1.807) is 11.0 Å². The molecule has 0 atom stereocenters. The molecule has 0 unspecified atom stereocenters. The Kier molecular flexibility index (Phi) is 3.74. The van der Waals surface area contributed by atoms with Crippen LogP contribution in [-0.4, -0.2) is 41.4 Å². The average Bonchev–Trinajstić information content (AvgIpc) is 2.33. The van der Waals surface area contributed by atoms with Gasteiger partial charge < -0.3 is 10.6 Å². The van der Waals surface area contributed by atoms with Crippen molar-refractivity contribution in [1.29, 1.82) is 0 Å². The van der Waals surface area contributed by atoms with E-state index in [9.17, 15) is 4.79 Å². The van der Waals surface area contributed by atoms with Crippen LogP contribution in [0.4, 0.5) is 5.69 Å². The zero-order valence-electron chi connectivity index (χ0n) is 11.6. The molecule has 0 bridgehead atoms. The second kappa shape index (κ2) is 5.02. The van der Waals surface area contributed by atoms with Crippen LogP contribution in [0.25, 0.3) is 0 Å². The van der Waals surface area contributed by atoms with Crippen molar-refractivity contribution >= 4 is 23.2 Å². The van der Waals surface area contributed by atoms with Gasteiger partial charge in [-0.1, -0.05) is 17.7 Å². The molecule has 0 saturated carbocycles. The number of amides is 1. The van der Waals surface area contributed by atoms with Gasteiger partial charge in [0.25, 0.3) is 0 Å². The van der Waals surface area contributed by atoms with E-state index < -0.39 is 5.54 Å². The fraction of sp³-hybridized carbons (Fsp3) is 0.500. The number of piperazine rings is 1. The second-order valence-electron chi connectivity index (χ2n) is 5.56. The first-order chi connectivity index (χ1) is 8.82. The third-order valence-corrected chi connectivity index (χ3v) is 4.16. The Morgan fingerprint density at radius 2 is 2.05 bits per heavy atom. The first-order valence-corrected chi connectivity index (χ1v) is 6.74. The number of hydrogen-bond donors (Lipinski definition) is 1. The van der Waals surface area contributed by atoms with E-state index in [-0.39, 0.29) is 5.91 Å². The average molecular weight is 282 g/mol. The molecule has 0 spiro atoms. The maximum absolute atomic E-state index is 12.2. The molecule has 1 aromatic carbocycles. The van der Waals surface area contributed by atoms with Crippen LogP contribution in [0.1, 0.15) is 19.4 Å². The molecule has 19 heavy (non-hydrogen) atoms. The summed E-state index contributed by atoms with van der Waals surface area (Å²) >= 11 is 6.20. The molecule has 104 valence electrons. The highest BCUT2D eigenvalue weighted by Crippen LogP contribution is 2.27. The summed E-state index contributed by atoms with van der Waals surface area (Å²) in [5.74, 6) is 0.144. The van der Waals surface area contributed by atoms with Crippen LogP contribution in [0.2, 0.25) is 5.02 Å². The molecule has 5 heteroatoms. The van der Waals surface area contributed by atoms with E-state index in [1.807, 2.05) is 33.0 Å². The fourth-order valence-electron chi connectivity index (χ4n) is 2.43. The molecular formula is C14H20ClN3O. The Balaban J connectivity index is 2.21. The molecule has 4 nitrogen and oxygen atoms in total. The van der Waals surface area contributed by atoms with Gasteiger partial charge in [0.2, 0.25) is 5.91 Å². The molecule has 1 aliphatic rings. The molecule has 1 aliphatic heterocycles. The van der Waals surface area contributed by atoms with Gasteiger partial charge in [0, 0.05) is 37.4 Å². The zero-order valence-corrected chi connectivity index (χ0v) is 12.4. The molecule has 2 rings (SSSR count). The lowest BCUT2D eigenvalue weighted by Gasteiger charge is -2.44. The quantitative estimate of drug-likeness (QED) is 0.844. The van der Waals surface area contributed by atoms with Crippen LogP contribution in [-0.2, 0) is 11.3 Å². The number of benzene rings is 1. The van der Waals surface area contributed by atoms with E-state index >= 15 is 0 Å². The molecule has 0 radical (unpaired) electrons. The predicted molar refractivity (Wildman–Crippen MR) is 78.0 cm³/mol. The Labute approximate surface area is 119 Å². The summed E-state index contributed by atoms with van der Waals surface area (Å²) in [5, 5.41) is 0.655. The van der Waals surface area contributed by atoms with E-state index in [1.165, 1.54) is 0 Å². The van der Waals surface area contributed by atoms with Crippen molar-refractivity contribution in [2.24, 2.45) is 0 Å². The number of nitrogens with zero attached hydrogens (tertiary/aromatic N) is 2. The van der Waals surface area contributed by atoms with E-state index in [2.05, 4.69) is 4.90 Å². The lowest BCUT2D eigenvalue weighted by molar-refractivity contribution is -0.147. The van der Waals surface area contributed by atoms with Gasteiger partial charge in [0.15, 0.2) is 0 Å². The molecule has 1 heterocycles. The summed E-state index contributed by atoms with van der Waals surface area (Å²) in [6, 6.07) is 5.52. The number of anilines is 1. The third kappa shape index (κ3) is 2.69. The minimum Gasteiger partial charge on any atom is -0.399 e. The first kappa shape index (κ1) is 14.2. The lowest BCUT2D eigenvalue weighted by atomic mass is 9.97. The maximum atomic E-state index is 12.2. The van der Waals surface area contributed by atoms with Crippen molar-refractivity contribution in [2.75, 3.05) is 25.9 Å². The minimum absolute atomic E-state index is 0.144. The Bertz CT molecular complexity index is 501. The second-order valence-corrected chi connectivity index (χ2v) is 5.97. The zero-order chi connectivity index (χ0) is 14.2. The Morgan fingerprint density at radius 1 is 1.37 bits per heavy atom. The van der Waals surface area contributed by atoms with Crippen LogP contribution >= 0.6 is 11.6 Å². The Hall–Kier alpha value is -1.26. The van der Waals surface area contributed by atoms with Gasteiger partial charge in [-0.2, -0.15) is 0 Å². The normalized spacial score (nSPS) is 19.8. The highest BCUT2D eigenvalue weighted by Gasteiger charge is 2.40. The van der Waals surface area contributed by atoms with Crippen molar-refractivity contribution in [2.45, 2.75) is 25.9 Å². The van der Waals surface area contributed by atoms with Crippen molar-refractivity contribution in [3.05, 3.63) is 28.8 Å². The molecular weight excluding hydrogens is 262 g/mol. The number of halogens is 1. The van der Waals surface area contributed by atoms with Gasteiger partial charge in [-0.05, 0) is 31.5 Å². The number of rotatable bonds is 2. The van der Waals surface area contributed by atoms with Crippen molar-refractivity contribution in [3.63, 3.8) is 0 Å². The molecule has 2 N–H and O–H groups in total. The molecule has 0 aliphatic carbocycles. The largest absolute Gasteiger partial charge is 0.399 e. The lowest BCUT2D eigenvalue weighted by Crippen LogP contribution is -2.61. The van der Waals surface area contributed by atoms with Gasteiger partial charge >= 0.3 is 0 Å². The fourth-order valence-corrected chi connectivity index (χ4v) is 2.68. The predicted octanol–water partition coefficient (Wildman–Crippen LogP) is 1.97. The maximum Gasteiger partial charge on any atom is 0.242 e. The van der Waals surface area contributed by atoms with Crippen LogP contribution in [0, 0.1) is 0 Å². The minimum atomic E-state index is -0.502. The number of carbonyl (C=O) groups excluding carboxylic acids is 1. The summed E-state index contributed by atoms with van der Waals surface area (Å²) in [7, 11) is 1.84. The molecule has 0 aromatic heterocycles. The van der Waals surface area contributed by atoms with E-state index in [0.717, 1.165) is 18.7 Å². The van der Waals surface area contributed by atoms with Gasteiger partial charge in [0.1, 0.15) is 0 Å². The molecule has 1 saturated heterocycles. The highest BCUT2D eigenvalue weighted by atomic mass is 35.5. The van der Waals surface area contributed by atoms with Crippen molar-refractivity contribution in [1.82, 2.24) is 9.80 Å². The van der Waals surface area contributed by atoms with Gasteiger partial charge in [-0.15, -0.1) is 0 Å². The van der Waals surface area contributed by atoms with Crippen molar-refractivity contribution in [3.8, 4) is 0 Å². The van der Waals surface area contributed by atoms with Crippen LogP contribution in [0.15, 0.2) is 18.2 Å². The topological polar surface area (TPSA) is 49.6 Å². The van der Waals surface area contributed by atoms with E-state index in [0.29, 0.717) is 17.3 Å². The molecule has 1 fully saturated rings. The van der Waals surface area contributed by atoms with Crippen molar-refractivity contribution < 1.29 is 4.79 Å².